The quantitative estimate of drug-likeness (QED) is 0.819. The molecule has 7 heteroatoms. The van der Waals surface area contributed by atoms with E-state index in [2.05, 4.69) is 31.5 Å². The number of halogens is 4. The third-order valence-electron chi connectivity index (χ3n) is 2.10. The Hall–Kier alpha value is -0.660. The van der Waals surface area contributed by atoms with Crippen LogP contribution in [-0.4, -0.2) is 31.3 Å². The maximum absolute atomic E-state index is 12.8. The Morgan fingerprint density at radius 2 is 2.06 bits per heavy atom. The molecular formula is C10H13BrF3N3. The molecule has 0 amide bonds. The third kappa shape index (κ3) is 4.61. The van der Waals surface area contributed by atoms with Gasteiger partial charge in [0.2, 0.25) is 0 Å². The van der Waals surface area contributed by atoms with E-state index in [9.17, 15) is 13.2 Å². The van der Waals surface area contributed by atoms with Crippen molar-refractivity contribution in [1.29, 1.82) is 0 Å². The second kappa shape index (κ2) is 6.32. The van der Waals surface area contributed by atoms with Crippen LogP contribution in [0.25, 0.3) is 0 Å². The summed E-state index contributed by atoms with van der Waals surface area (Å²) in [6.07, 6.45) is -3.00. The summed E-state index contributed by atoms with van der Waals surface area (Å²) < 4.78 is 39.0. The molecule has 1 aromatic rings. The van der Waals surface area contributed by atoms with Crippen molar-refractivity contribution < 1.29 is 13.2 Å². The standard InChI is InChI=1S/C10H13BrF3N3/c1-15-4-5-16-9(10(12,13)14)8-3-2-7(11)6-17-8/h2-3,6,9,15-16H,4-5H2,1H3. The van der Waals surface area contributed by atoms with Crippen molar-refractivity contribution in [3.63, 3.8) is 0 Å². The summed E-state index contributed by atoms with van der Waals surface area (Å²) in [6, 6.07) is 1.17. The van der Waals surface area contributed by atoms with E-state index in [0.29, 0.717) is 11.0 Å². The molecule has 0 aliphatic carbocycles. The molecule has 17 heavy (non-hydrogen) atoms. The van der Waals surface area contributed by atoms with Crippen LogP contribution in [0.2, 0.25) is 0 Å². The van der Waals surface area contributed by atoms with Gasteiger partial charge < -0.3 is 5.32 Å². The van der Waals surface area contributed by atoms with Crippen molar-refractivity contribution in [2.45, 2.75) is 12.2 Å². The van der Waals surface area contributed by atoms with Gasteiger partial charge in [-0.05, 0) is 35.1 Å². The Morgan fingerprint density at radius 3 is 2.53 bits per heavy atom. The lowest BCUT2D eigenvalue weighted by Gasteiger charge is -2.21. The first-order valence-corrected chi connectivity index (χ1v) is 5.80. The van der Waals surface area contributed by atoms with Gasteiger partial charge in [-0.25, -0.2) is 0 Å². The van der Waals surface area contributed by atoms with Crippen LogP contribution < -0.4 is 10.6 Å². The van der Waals surface area contributed by atoms with Gasteiger partial charge in [0.15, 0.2) is 0 Å². The van der Waals surface area contributed by atoms with Crippen molar-refractivity contribution in [3.8, 4) is 0 Å². The Labute approximate surface area is 106 Å². The molecule has 0 spiro atoms. The van der Waals surface area contributed by atoms with E-state index in [-0.39, 0.29) is 12.2 Å². The molecule has 1 atom stereocenters. The van der Waals surface area contributed by atoms with Crippen LogP contribution in [0.5, 0.6) is 0 Å². The monoisotopic (exact) mass is 311 g/mol. The first kappa shape index (κ1) is 14.4. The van der Waals surface area contributed by atoms with E-state index in [1.165, 1.54) is 12.3 Å². The molecule has 0 saturated carbocycles. The topological polar surface area (TPSA) is 37.0 Å². The van der Waals surface area contributed by atoms with Crippen molar-refractivity contribution in [2.24, 2.45) is 0 Å². The fourth-order valence-corrected chi connectivity index (χ4v) is 1.52. The van der Waals surface area contributed by atoms with Crippen molar-refractivity contribution in [1.82, 2.24) is 15.6 Å². The number of nitrogens with zero attached hydrogens (tertiary/aromatic N) is 1. The number of likely N-dealkylation sites (N-methyl/N-ethyl adjacent to an activating group) is 1. The lowest BCUT2D eigenvalue weighted by atomic mass is 10.2. The summed E-state index contributed by atoms with van der Waals surface area (Å²) in [7, 11) is 1.68. The van der Waals surface area contributed by atoms with Gasteiger partial charge in [0.25, 0.3) is 0 Å². The largest absolute Gasteiger partial charge is 0.409 e. The normalized spacial score (nSPS) is 13.7. The highest BCUT2D eigenvalue weighted by Gasteiger charge is 2.41. The van der Waals surface area contributed by atoms with E-state index < -0.39 is 12.2 Å². The summed E-state index contributed by atoms with van der Waals surface area (Å²) >= 11 is 3.13. The summed E-state index contributed by atoms with van der Waals surface area (Å²) in [4.78, 5) is 3.77. The highest BCUT2D eigenvalue weighted by molar-refractivity contribution is 9.10. The number of aromatic nitrogens is 1. The smallest absolute Gasteiger partial charge is 0.318 e. The molecule has 1 rings (SSSR count). The van der Waals surface area contributed by atoms with Crippen LogP contribution >= 0.6 is 15.9 Å². The highest BCUT2D eigenvalue weighted by Crippen LogP contribution is 2.31. The lowest BCUT2D eigenvalue weighted by molar-refractivity contribution is -0.158. The third-order valence-corrected chi connectivity index (χ3v) is 2.57. The van der Waals surface area contributed by atoms with Gasteiger partial charge in [-0.3, -0.25) is 10.3 Å². The molecule has 0 aliphatic heterocycles. The molecule has 0 aliphatic rings. The Balaban J connectivity index is 2.79. The fraction of sp³-hybridized carbons (Fsp3) is 0.500. The van der Waals surface area contributed by atoms with E-state index in [1.807, 2.05) is 0 Å². The summed E-state index contributed by atoms with van der Waals surface area (Å²) in [5.41, 5.74) is -0.0307. The second-order valence-electron chi connectivity index (χ2n) is 3.43. The molecule has 2 N–H and O–H groups in total. The lowest BCUT2D eigenvalue weighted by Crippen LogP contribution is -2.37. The van der Waals surface area contributed by atoms with E-state index in [0.717, 1.165) is 0 Å². The minimum Gasteiger partial charge on any atom is -0.318 e. The molecule has 0 aromatic carbocycles. The number of nitrogens with one attached hydrogen (secondary N) is 2. The number of alkyl halides is 3. The summed E-state index contributed by atoms with van der Waals surface area (Å²) in [5.74, 6) is 0. The molecule has 1 unspecified atom stereocenters. The molecule has 1 heterocycles. The molecule has 0 radical (unpaired) electrons. The molecule has 0 bridgehead atoms. The minimum absolute atomic E-state index is 0.0307. The van der Waals surface area contributed by atoms with Crippen LogP contribution in [0.15, 0.2) is 22.8 Å². The second-order valence-corrected chi connectivity index (χ2v) is 4.35. The Morgan fingerprint density at radius 1 is 1.35 bits per heavy atom. The van der Waals surface area contributed by atoms with Crippen LogP contribution in [-0.2, 0) is 0 Å². The zero-order valence-electron chi connectivity index (χ0n) is 9.18. The van der Waals surface area contributed by atoms with E-state index in [1.54, 1.807) is 13.1 Å². The molecule has 1 aromatic heterocycles. The van der Waals surface area contributed by atoms with Gasteiger partial charge in [0, 0.05) is 23.8 Å². The van der Waals surface area contributed by atoms with Gasteiger partial charge in [-0.1, -0.05) is 0 Å². The zero-order valence-corrected chi connectivity index (χ0v) is 10.8. The van der Waals surface area contributed by atoms with Crippen LogP contribution in [0.4, 0.5) is 13.2 Å². The van der Waals surface area contributed by atoms with E-state index >= 15 is 0 Å². The van der Waals surface area contributed by atoms with Gasteiger partial charge in [0.1, 0.15) is 6.04 Å². The van der Waals surface area contributed by atoms with Gasteiger partial charge in [-0.2, -0.15) is 13.2 Å². The predicted octanol–water partition coefficient (Wildman–Crippen LogP) is 2.26. The number of pyridine rings is 1. The molecule has 96 valence electrons. The SMILES string of the molecule is CNCCNC(c1ccc(Br)cn1)C(F)(F)F. The molecule has 0 fully saturated rings. The van der Waals surface area contributed by atoms with Crippen molar-refractivity contribution >= 4 is 15.9 Å². The Kier molecular flexibility index (Phi) is 5.35. The van der Waals surface area contributed by atoms with Crippen molar-refractivity contribution in [2.75, 3.05) is 20.1 Å². The summed E-state index contributed by atoms with van der Waals surface area (Å²) in [6.45, 7) is 0.682. The first-order chi connectivity index (χ1) is 7.95. The summed E-state index contributed by atoms with van der Waals surface area (Å²) in [5, 5.41) is 5.21. The molecule has 3 nitrogen and oxygen atoms in total. The first-order valence-electron chi connectivity index (χ1n) is 5.01. The average molecular weight is 312 g/mol. The zero-order chi connectivity index (χ0) is 12.9. The Bertz CT molecular complexity index is 340. The predicted molar refractivity (Wildman–Crippen MR) is 62.7 cm³/mol. The van der Waals surface area contributed by atoms with Crippen LogP contribution in [0.1, 0.15) is 11.7 Å². The maximum Gasteiger partial charge on any atom is 0.409 e. The number of hydrogen-bond donors (Lipinski definition) is 2. The van der Waals surface area contributed by atoms with Crippen LogP contribution in [0, 0.1) is 0 Å². The number of hydrogen-bond acceptors (Lipinski definition) is 3. The molecule has 0 saturated heterocycles. The number of rotatable bonds is 5. The average Bonchev–Trinajstić information content (AvgIpc) is 2.25. The van der Waals surface area contributed by atoms with Crippen molar-refractivity contribution in [3.05, 3.63) is 28.5 Å². The van der Waals surface area contributed by atoms with E-state index in [4.69, 9.17) is 0 Å². The van der Waals surface area contributed by atoms with Crippen LogP contribution in [0.3, 0.4) is 0 Å². The fourth-order valence-electron chi connectivity index (χ4n) is 1.29. The highest BCUT2D eigenvalue weighted by atomic mass is 79.9. The van der Waals surface area contributed by atoms with Gasteiger partial charge >= 0.3 is 6.18 Å². The van der Waals surface area contributed by atoms with Gasteiger partial charge in [0.05, 0.1) is 5.69 Å². The minimum atomic E-state index is -4.35. The van der Waals surface area contributed by atoms with Gasteiger partial charge in [-0.15, -0.1) is 0 Å². The maximum atomic E-state index is 12.8. The molecular weight excluding hydrogens is 299 g/mol.